The molecule has 0 unspecified atom stereocenters. The molecule has 4 heterocycles. The van der Waals surface area contributed by atoms with Crippen LogP contribution in [0.1, 0.15) is 62.0 Å². The normalized spacial score (nSPS) is 18.1. The van der Waals surface area contributed by atoms with E-state index in [1.54, 1.807) is 23.8 Å². The number of hydrogen-bond acceptors (Lipinski definition) is 7. The van der Waals surface area contributed by atoms with Crippen molar-refractivity contribution in [2.75, 3.05) is 18.0 Å². The zero-order valence-electron chi connectivity index (χ0n) is 20.4. The summed E-state index contributed by atoms with van der Waals surface area (Å²) in [6.07, 6.45) is 7.22. The topological polar surface area (TPSA) is 82.5 Å². The molecule has 9 heteroatoms. The van der Waals surface area contributed by atoms with E-state index in [4.69, 9.17) is 16.6 Å². The average Bonchev–Trinajstić information content (AvgIpc) is 3.45. The highest BCUT2D eigenvalue weighted by Crippen LogP contribution is 2.37. The number of piperidine rings is 1. The molecule has 0 spiro atoms. The molecule has 0 atom stereocenters. The van der Waals surface area contributed by atoms with Crippen molar-refractivity contribution in [3.63, 3.8) is 0 Å². The summed E-state index contributed by atoms with van der Waals surface area (Å²) >= 11 is 6.75. The van der Waals surface area contributed by atoms with E-state index in [1.807, 2.05) is 12.1 Å². The molecule has 2 aliphatic rings. The Morgan fingerprint density at radius 2 is 2.06 bits per heavy atom. The summed E-state index contributed by atoms with van der Waals surface area (Å²) in [6, 6.07) is 5.71. The fourth-order valence-electron chi connectivity index (χ4n) is 4.55. The van der Waals surface area contributed by atoms with E-state index in [9.17, 15) is 14.9 Å². The molecule has 2 aliphatic heterocycles. The van der Waals surface area contributed by atoms with Gasteiger partial charge in [0.15, 0.2) is 0 Å². The molecule has 2 saturated heterocycles. The SMILES string of the molecule is CCCCn1c(N2CCC(C)CC2)c(/C=C2\SC(=S)N(Cc3ccco3)C2=O)c(C)c(C#N)c1=O. The zero-order valence-corrected chi connectivity index (χ0v) is 22.0. The number of carbonyl (C=O) groups excluding carboxylic acids is 1. The largest absolute Gasteiger partial charge is 0.467 e. The van der Waals surface area contributed by atoms with Crippen molar-refractivity contribution in [1.29, 1.82) is 5.26 Å². The fraction of sp³-hybridized carbons (Fsp3) is 0.462. The summed E-state index contributed by atoms with van der Waals surface area (Å²) in [4.78, 5) is 31.0. The lowest BCUT2D eigenvalue weighted by molar-refractivity contribution is -0.122. The van der Waals surface area contributed by atoms with Gasteiger partial charge in [-0.05, 0) is 55.9 Å². The van der Waals surface area contributed by atoms with Crippen LogP contribution in [0.15, 0.2) is 32.5 Å². The highest BCUT2D eigenvalue weighted by Gasteiger charge is 2.34. The van der Waals surface area contributed by atoms with Crippen molar-refractivity contribution >= 4 is 46.1 Å². The molecule has 0 bridgehead atoms. The Kier molecular flexibility index (Phi) is 7.82. The summed E-state index contributed by atoms with van der Waals surface area (Å²) in [5.74, 6) is 1.89. The van der Waals surface area contributed by atoms with Crippen molar-refractivity contribution in [3.8, 4) is 6.07 Å². The molecule has 0 radical (unpaired) electrons. The molecule has 184 valence electrons. The first-order valence-corrected chi connectivity index (χ1v) is 13.3. The third-order valence-electron chi connectivity index (χ3n) is 6.71. The average molecular weight is 511 g/mol. The number of carbonyl (C=O) groups is 1. The van der Waals surface area contributed by atoms with Gasteiger partial charge in [0.25, 0.3) is 11.5 Å². The van der Waals surface area contributed by atoms with Crippen LogP contribution in [0.5, 0.6) is 0 Å². The lowest BCUT2D eigenvalue weighted by Crippen LogP contribution is -2.39. The van der Waals surface area contributed by atoms with Gasteiger partial charge in [0.2, 0.25) is 0 Å². The van der Waals surface area contributed by atoms with Gasteiger partial charge < -0.3 is 9.32 Å². The van der Waals surface area contributed by atoms with Crippen molar-refractivity contribution in [1.82, 2.24) is 9.47 Å². The van der Waals surface area contributed by atoms with Crippen molar-refractivity contribution in [3.05, 3.63) is 56.1 Å². The van der Waals surface area contributed by atoms with Crippen molar-refractivity contribution in [2.45, 2.75) is 59.5 Å². The van der Waals surface area contributed by atoms with E-state index in [0.29, 0.717) is 33.0 Å². The molecular weight excluding hydrogens is 480 g/mol. The maximum absolute atomic E-state index is 13.4. The number of unbranched alkanes of at least 4 members (excludes halogenated alkanes) is 1. The molecule has 0 aromatic carbocycles. The van der Waals surface area contributed by atoms with Crippen molar-refractivity contribution < 1.29 is 9.21 Å². The predicted octanol–water partition coefficient (Wildman–Crippen LogP) is 5.06. The van der Waals surface area contributed by atoms with Crippen LogP contribution in [0.3, 0.4) is 0 Å². The van der Waals surface area contributed by atoms with Crippen LogP contribution in [0.25, 0.3) is 6.08 Å². The highest BCUT2D eigenvalue weighted by molar-refractivity contribution is 8.26. The smallest absolute Gasteiger partial charge is 0.270 e. The van der Waals surface area contributed by atoms with Gasteiger partial charge in [-0.2, -0.15) is 5.26 Å². The monoisotopic (exact) mass is 510 g/mol. The molecule has 2 aromatic rings. The molecule has 2 fully saturated rings. The van der Waals surface area contributed by atoms with E-state index in [1.165, 1.54) is 16.7 Å². The third kappa shape index (κ3) is 5.09. The van der Waals surface area contributed by atoms with E-state index >= 15 is 0 Å². The molecule has 0 saturated carbocycles. The number of amides is 1. The summed E-state index contributed by atoms with van der Waals surface area (Å²) in [6.45, 7) is 8.59. The number of pyridine rings is 1. The number of nitrogens with zero attached hydrogens (tertiary/aromatic N) is 4. The summed E-state index contributed by atoms with van der Waals surface area (Å²) in [5, 5.41) is 9.84. The van der Waals surface area contributed by atoms with Crippen LogP contribution < -0.4 is 10.5 Å². The number of rotatable bonds is 7. The highest BCUT2D eigenvalue weighted by atomic mass is 32.2. The molecule has 7 nitrogen and oxygen atoms in total. The van der Waals surface area contributed by atoms with Crippen LogP contribution in [0.4, 0.5) is 5.82 Å². The van der Waals surface area contributed by atoms with Gasteiger partial charge >= 0.3 is 0 Å². The number of thioether (sulfide) groups is 1. The Hall–Kier alpha value is -2.83. The second-order valence-corrected chi connectivity index (χ2v) is 10.9. The lowest BCUT2D eigenvalue weighted by atomic mass is 9.97. The Bertz CT molecular complexity index is 1250. The Labute approximate surface area is 215 Å². The number of anilines is 1. The summed E-state index contributed by atoms with van der Waals surface area (Å²) in [5.41, 5.74) is 1.24. The van der Waals surface area contributed by atoms with Crippen molar-refractivity contribution in [2.24, 2.45) is 5.92 Å². The Balaban J connectivity index is 1.83. The van der Waals surface area contributed by atoms with Crippen LogP contribution in [0.2, 0.25) is 0 Å². The van der Waals surface area contributed by atoms with E-state index in [0.717, 1.165) is 50.2 Å². The summed E-state index contributed by atoms with van der Waals surface area (Å²) in [7, 11) is 0. The van der Waals surface area contributed by atoms with E-state index < -0.39 is 0 Å². The van der Waals surface area contributed by atoms with Crippen LogP contribution in [0, 0.1) is 24.2 Å². The van der Waals surface area contributed by atoms with Crippen LogP contribution >= 0.6 is 24.0 Å². The number of furan rings is 1. The second-order valence-electron chi connectivity index (χ2n) is 9.18. The minimum Gasteiger partial charge on any atom is -0.467 e. The van der Waals surface area contributed by atoms with Crippen LogP contribution in [-0.4, -0.2) is 32.8 Å². The van der Waals surface area contributed by atoms with Gasteiger partial charge in [0.05, 0.1) is 17.7 Å². The second kappa shape index (κ2) is 10.8. The Morgan fingerprint density at radius 1 is 1.31 bits per heavy atom. The quantitative estimate of drug-likeness (QED) is 0.380. The van der Waals surface area contributed by atoms with Gasteiger partial charge in [-0.3, -0.25) is 19.1 Å². The van der Waals surface area contributed by atoms with Crippen LogP contribution in [-0.2, 0) is 17.9 Å². The number of aromatic nitrogens is 1. The minimum atomic E-state index is -0.255. The first kappa shape index (κ1) is 25.3. The lowest BCUT2D eigenvalue weighted by Gasteiger charge is -2.35. The van der Waals surface area contributed by atoms with Gasteiger partial charge in [0.1, 0.15) is 27.5 Å². The summed E-state index contributed by atoms with van der Waals surface area (Å²) < 4.78 is 7.62. The number of hydrogen-bond donors (Lipinski definition) is 0. The standard InChI is InChI=1S/C26H30N4O3S2/c1-4-5-10-29-23(28-11-8-17(2)9-12-28)20(18(3)21(15-27)24(29)31)14-22-25(32)30(26(34)35-22)16-19-7-6-13-33-19/h6-7,13-14,17H,4-5,8-12,16H2,1-3H3/b22-14-. The minimum absolute atomic E-state index is 0.132. The maximum Gasteiger partial charge on any atom is 0.270 e. The Morgan fingerprint density at radius 3 is 2.69 bits per heavy atom. The number of thiocarbonyl (C=S) groups is 1. The fourth-order valence-corrected chi connectivity index (χ4v) is 5.79. The molecule has 0 N–H and O–H groups in total. The van der Waals surface area contributed by atoms with Gasteiger partial charge in [-0.15, -0.1) is 0 Å². The maximum atomic E-state index is 13.4. The van der Waals surface area contributed by atoms with Gasteiger partial charge in [-0.1, -0.05) is 44.2 Å². The molecule has 1 amide bonds. The molecular formula is C26H30N4O3S2. The van der Waals surface area contributed by atoms with E-state index in [-0.39, 0.29) is 23.6 Å². The third-order valence-corrected chi connectivity index (χ3v) is 8.09. The van der Waals surface area contributed by atoms with E-state index in [2.05, 4.69) is 24.8 Å². The molecule has 2 aromatic heterocycles. The number of nitriles is 1. The zero-order chi connectivity index (χ0) is 25.1. The van der Waals surface area contributed by atoms with Gasteiger partial charge in [0, 0.05) is 25.2 Å². The molecule has 0 aliphatic carbocycles. The predicted molar refractivity (Wildman–Crippen MR) is 143 cm³/mol. The first-order valence-electron chi connectivity index (χ1n) is 12.1. The molecule has 35 heavy (non-hydrogen) atoms. The molecule has 4 rings (SSSR count). The first-order chi connectivity index (χ1) is 16.8. The van der Waals surface area contributed by atoms with Gasteiger partial charge in [-0.25, -0.2) is 0 Å².